The Morgan fingerprint density at radius 2 is 2.15 bits per heavy atom. The zero-order chi connectivity index (χ0) is 14.7. The number of hydrogen-bond acceptors (Lipinski definition) is 4. The molecule has 0 fully saturated rings. The quantitative estimate of drug-likeness (QED) is 0.892. The molecule has 0 aliphatic rings. The summed E-state index contributed by atoms with van der Waals surface area (Å²) in [7, 11) is 0. The van der Waals surface area contributed by atoms with Gasteiger partial charge in [-0.25, -0.2) is 4.79 Å². The molecule has 0 saturated carbocycles. The second-order valence-corrected chi connectivity index (χ2v) is 4.98. The number of nitrogens with zero attached hydrogens (tertiary/aromatic N) is 1. The number of carboxylic acid groups (broad SMARTS) is 1. The molecule has 2 aromatic rings. The lowest BCUT2D eigenvalue weighted by atomic mass is 10.2. The van der Waals surface area contributed by atoms with Gasteiger partial charge < -0.3 is 14.8 Å². The fourth-order valence-corrected chi connectivity index (χ4v) is 2.01. The van der Waals surface area contributed by atoms with E-state index in [-0.39, 0.29) is 18.0 Å². The summed E-state index contributed by atoms with van der Waals surface area (Å²) < 4.78 is 5.97. The summed E-state index contributed by atoms with van der Waals surface area (Å²) in [5.41, 5.74) is 0.500. The van der Waals surface area contributed by atoms with Crippen LogP contribution in [0.15, 0.2) is 33.4 Å². The number of carboxylic acids is 1. The Hall–Kier alpha value is -2.15. The van der Waals surface area contributed by atoms with Crippen LogP contribution in [0, 0.1) is 6.92 Å². The summed E-state index contributed by atoms with van der Waals surface area (Å²) in [4.78, 5) is 26.6. The molecule has 2 heterocycles. The fourth-order valence-electron chi connectivity index (χ4n) is 1.65. The number of aromatic nitrogens is 1. The molecule has 1 amide bonds. The Morgan fingerprint density at radius 3 is 2.75 bits per heavy atom. The van der Waals surface area contributed by atoms with E-state index >= 15 is 0 Å². The molecule has 6 nitrogen and oxygen atoms in total. The molecular weight excluding hydrogens is 328 g/mol. The van der Waals surface area contributed by atoms with Crippen LogP contribution in [0.3, 0.4) is 0 Å². The minimum atomic E-state index is -1.06. The van der Waals surface area contributed by atoms with Crippen LogP contribution in [0.2, 0.25) is 0 Å². The van der Waals surface area contributed by atoms with Gasteiger partial charge >= 0.3 is 5.97 Å². The standard InChI is InChI=1S/C13H11BrN2O4/c1-7-11(13(18)19)3-10(20-7)6-16-12(17)8-2-9(14)5-15-4-8/h2-5H,6H2,1H3,(H,16,17)(H,18,19). The summed E-state index contributed by atoms with van der Waals surface area (Å²) in [6, 6.07) is 3.04. The van der Waals surface area contributed by atoms with Crippen molar-refractivity contribution in [3.05, 3.63) is 51.6 Å². The van der Waals surface area contributed by atoms with Crippen LogP contribution in [0.1, 0.15) is 32.2 Å². The van der Waals surface area contributed by atoms with Crippen molar-refractivity contribution in [3.63, 3.8) is 0 Å². The van der Waals surface area contributed by atoms with Crippen molar-refractivity contribution in [2.75, 3.05) is 0 Å². The number of amides is 1. The van der Waals surface area contributed by atoms with Gasteiger partial charge in [-0.1, -0.05) is 0 Å². The van der Waals surface area contributed by atoms with E-state index in [0.717, 1.165) is 0 Å². The van der Waals surface area contributed by atoms with Gasteiger partial charge in [0, 0.05) is 16.9 Å². The van der Waals surface area contributed by atoms with Gasteiger partial charge in [-0.2, -0.15) is 0 Å². The summed E-state index contributed by atoms with van der Waals surface area (Å²) in [6.07, 6.45) is 3.02. The van der Waals surface area contributed by atoms with Gasteiger partial charge in [-0.15, -0.1) is 0 Å². The first-order chi connectivity index (χ1) is 9.47. The van der Waals surface area contributed by atoms with E-state index in [2.05, 4.69) is 26.2 Å². The maximum absolute atomic E-state index is 11.9. The van der Waals surface area contributed by atoms with E-state index in [0.29, 0.717) is 21.6 Å². The van der Waals surface area contributed by atoms with E-state index < -0.39 is 5.97 Å². The van der Waals surface area contributed by atoms with Crippen molar-refractivity contribution in [2.45, 2.75) is 13.5 Å². The molecule has 0 bridgehead atoms. The molecular formula is C13H11BrN2O4. The van der Waals surface area contributed by atoms with Crippen LogP contribution in [0.5, 0.6) is 0 Å². The second kappa shape index (κ2) is 5.87. The van der Waals surface area contributed by atoms with Crippen LogP contribution >= 0.6 is 15.9 Å². The first-order valence-corrected chi connectivity index (χ1v) is 6.48. The minimum absolute atomic E-state index is 0.0957. The van der Waals surface area contributed by atoms with Crippen molar-refractivity contribution in [2.24, 2.45) is 0 Å². The summed E-state index contributed by atoms with van der Waals surface area (Å²) in [6.45, 7) is 1.67. The van der Waals surface area contributed by atoms with Crippen LogP contribution in [-0.2, 0) is 6.54 Å². The molecule has 0 saturated heterocycles. The van der Waals surface area contributed by atoms with E-state index in [9.17, 15) is 9.59 Å². The molecule has 7 heteroatoms. The smallest absolute Gasteiger partial charge is 0.339 e. The van der Waals surface area contributed by atoms with Crippen molar-refractivity contribution < 1.29 is 19.1 Å². The molecule has 20 heavy (non-hydrogen) atoms. The number of aromatic carboxylic acids is 1. The number of pyridine rings is 1. The first kappa shape index (κ1) is 14.3. The second-order valence-electron chi connectivity index (χ2n) is 4.06. The summed E-state index contributed by atoms with van der Waals surface area (Å²) in [5, 5.41) is 11.5. The maximum atomic E-state index is 11.9. The van der Waals surface area contributed by atoms with E-state index in [1.54, 1.807) is 19.2 Å². The molecule has 2 N–H and O–H groups in total. The molecule has 0 aliphatic carbocycles. The molecule has 0 aromatic carbocycles. The lowest BCUT2D eigenvalue weighted by molar-refractivity contribution is 0.0694. The van der Waals surface area contributed by atoms with Gasteiger partial charge in [0.15, 0.2) is 0 Å². The Balaban J connectivity index is 2.04. The molecule has 0 aliphatic heterocycles. The number of carbonyl (C=O) groups is 2. The largest absolute Gasteiger partial charge is 0.478 e. The number of furan rings is 1. The average molecular weight is 339 g/mol. The predicted molar refractivity (Wildman–Crippen MR) is 73.5 cm³/mol. The number of hydrogen-bond donors (Lipinski definition) is 2. The Bertz CT molecular complexity index is 666. The van der Waals surface area contributed by atoms with Crippen LogP contribution in [0.25, 0.3) is 0 Å². The Kier molecular flexibility index (Phi) is 4.19. The zero-order valence-corrected chi connectivity index (χ0v) is 12.1. The van der Waals surface area contributed by atoms with E-state index in [1.165, 1.54) is 12.3 Å². The number of carbonyl (C=O) groups excluding carboxylic acids is 1. The van der Waals surface area contributed by atoms with Gasteiger partial charge in [-0.05, 0) is 35.0 Å². The molecule has 0 spiro atoms. The molecule has 0 atom stereocenters. The molecule has 104 valence electrons. The topological polar surface area (TPSA) is 92.4 Å². The SMILES string of the molecule is Cc1oc(CNC(=O)c2cncc(Br)c2)cc1C(=O)O. The van der Waals surface area contributed by atoms with Crippen LogP contribution in [-0.4, -0.2) is 22.0 Å². The summed E-state index contributed by atoms with van der Waals surface area (Å²) >= 11 is 3.23. The lowest BCUT2D eigenvalue weighted by Crippen LogP contribution is -2.22. The lowest BCUT2D eigenvalue weighted by Gasteiger charge is -2.03. The highest BCUT2D eigenvalue weighted by Crippen LogP contribution is 2.15. The molecule has 0 radical (unpaired) electrons. The molecule has 2 aromatic heterocycles. The predicted octanol–water partition coefficient (Wildman–Crippen LogP) is 2.37. The highest BCUT2D eigenvalue weighted by atomic mass is 79.9. The normalized spacial score (nSPS) is 10.3. The van der Waals surface area contributed by atoms with Gasteiger partial charge in [-0.3, -0.25) is 9.78 Å². The minimum Gasteiger partial charge on any atom is -0.478 e. The summed E-state index contributed by atoms with van der Waals surface area (Å²) in [5.74, 6) is -0.674. The zero-order valence-electron chi connectivity index (χ0n) is 10.5. The molecule has 2 rings (SSSR count). The van der Waals surface area contributed by atoms with Crippen LogP contribution in [0.4, 0.5) is 0 Å². The van der Waals surface area contributed by atoms with Gasteiger partial charge in [0.1, 0.15) is 17.1 Å². The van der Waals surface area contributed by atoms with Gasteiger partial charge in [0.25, 0.3) is 5.91 Å². The highest BCUT2D eigenvalue weighted by molar-refractivity contribution is 9.10. The number of rotatable bonds is 4. The van der Waals surface area contributed by atoms with Crippen molar-refractivity contribution in [3.8, 4) is 0 Å². The van der Waals surface area contributed by atoms with Crippen LogP contribution < -0.4 is 5.32 Å². The van der Waals surface area contributed by atoms with Crippen molar-refractivity contribution >= 4 is 27.8 Å². The number of aryl methyl sites for hydroxylation is 1. The average Bonchev–Trinajstić information content (AvgIpc) is 2.77. The third kappa shape index (κ3) is 3.24. The fraction of sp³-hybridized carbons (Fsp3) is 0.154. The third-order valence-corrected chi connectivity index (χ3v) is 3.02. The van der Waals surface area contributed by atoms with Gasteiger partial charge in [0.05, 0.1) is 12.1 Å². The van der Waals surface area contributed by atoms with Crippen molar-refractivity contribution in [1.29, 1.82) is 0 Å². The van der Waals surface area contributed by atoms with Crippen molar-refractivity contribution in [1.82, 2.24) is 10.3 Å². The third-order valence-electron chi connectivity index (χ3n) is 2.59. The maximum Gasteiger partial charge on any atom is 0.339 e. The monoisotopic (exact) mass is 338 g/mol. The Labute approximate surface area is 122 Å². The van der Waals surface area contributed by atoms with E-state index in [4.69, 9.17) is 9.52 Å². The highest BCUT2D eigenvalue weighted by Gasteiger charge is 2.14. The molecule has 0 unspecified atom stereocenters. The number of halogens is 1. The number of nitrogens with one attached hydrogen (secondary N) is 1. The van der Waals surface area contributed by atoms with E-state index in [1.807, 2.05) is 0 Å². The Morgan fingerprint density at radius 1 is 1.40 bits per heavy atom. The first-order valence-electron chi connectivity index (χ1n) is 5.68. The van der Waals surface area contributed by atoms with Gasteiger partial charge in [0.2, 0.25) is 0 Å².